The Labute approximate surface area is 80.3 Å². The summed E-state index contributed by atoms with van der Waals surface area (Å²) in [5.74, 6) is -3.88. The zero-order valence-corrected chi connectivity index (χ0v) is 8.08. The molecule has 2 bridgehead atoms. The van der Waals surface area contributed by atoms with Crippen molar-refractivity contribution in [1.82, 2.24) is 0 Å². The summed E-state index contributed by atoms with van der Waals surface area (Å²) in [5.41, 5.74) is 0. The molecular weight excluding hydrogens is 194 g/mol. The highest BCUT2D eigenvalue weighted by molar-refractivity contribution is 8.00. The molecule has 2 unspecified atom stereocenters. The van der Waals surface area contributed by atoms with Gasteiger partial charge in [0.2, 0.25) is 5.78 Å². The van der Waals surface area contributed by atoms with E-state index < -0.39 is 11.7 Å². The smallest absolute Gasteiger partial charge is 0.293 e. The summed E-state index contributed by atoms with van der Waals surface area (Å²) in [6, 6.07) is 0. The summed E-state index contributed by atoms with van der Waals surface area (Å²) < 4.78 is 26.3. The topological polar surface area (TPSA) is 17.1 Å². The molecule has 0 aromatic rings. The average molecular weight is 206 g/mol. The number of fused-ring (bicyclic) bond motifs is 2. The molecule has 1 nitrogen and oxygen atoms in total. The molecular formula is C9H12F2OS. The second kappa shape index (κ2) is 3.23. The summed E-state index contributed by atoms with van der Waals surface area (Å²) in [5, 5.41) is 0.180. The zero-order chi connectivity index (χ0) is 9.47. The van der Waals surface area contributed by atoms with Crippen LogP contribution in [0.25, 0.3) is 0 Å². The van der Waals surface area contributed by atoms with Crippen molar-refractivity contribution in [2.24, 2.45) is 0 Å². The van der Waals surface area contributed by atoms with Gasteiger partial charge in [-0.2, -0.15) is 20.5 Å². The standard InChI is InChI=1S/C9H12F2OS/c10-9(11)5-7-3-1-2-6(13-7)4-8(9)12/h6-7H,1-5H2. The minimum absolute atomic E-state index is 0.0141. The molecule has 0 aromatic heterocycles. The predicted octanol–water partition coefficient (Wildman–Crippen LogP) is 2.64. The lowest BCUT2D eigenvalue weighted by Crippen LogP contribution is -2.29. The van der Waals surface area contributed by atoms with Crippen LogP contribution in [0.5, 0.6) is 0 Å². The van der Waals surface area contributed by atoms with E-state index in [2.05, 4.69) is 0 Å². The zero-order valence-electron chi connectivity index (χ0n) is 7.26. The van der Waals surface area contributed by atoms with Crippen molar-refractivity contribution in [2.45, 2.75) is 48.5 Å². The van der Waals surface area contributed by atoms with Crippen molar-refractivity contribution >= 4 is 17.5 Å². The lowest BCUT2D eigenvalue weighted by molar-refractivity contribution is -0.143. The molecule has 2 rings (SSSR count). The number of hydrogen-bond acceptors (Lipinski definition) is 2. The molecule has 2 aliphatic rings. The van der Waals surface area contributed by atoms with E-state index >= 15 is 0 Å². The van der Waals surface area contributed by atoms with Gasteiger partial charge < -0.3 is 0 Å². The van der Waals surface area contributed by atoms with Crippen LogP contribution in [0.3, 0.4) is 0 Å². The maximum atomic E-state index is 13.1. The van der Waals surface area contributed by atoms with Crippen molar-refractivity contribution in [3.63, 3.8) is 0 Å². The van der Waals surface area contributed by atoms with E-state index in [4.69, 9.17) is 0 Å². The number of ketones is 1. The number of carbonyl (C=O) groups excluding carboxylic acids is 1. The van der Waals surface area contributed by atoms with Gasteiger partial charge in [-0.3, -0.25) is 4.79 Å². The van der Waals surface area contributed by atoms with Crippen LogP contribution in [0, 0.1) is 0 Å². The Hall–Kier alpha value is -0.120. The van der Waals surface area contributed by atoms with Crippen molar-refractivity contribution in [3.8, 4) is 0 Å². The van der Waals surface area contributed by atoms with Gasteiger partial charge in [0.05, 0.1) is 0 Å². The van der Waals surface area contributed by atoms with Gasteiger partial charge >= 0.3 is 5.92 Å². The highest BCUT2D eigenvalue weighted by Gasteiger charge is 2.45. The average Bonchev–Trinajstić information content (AvgIpc) is 2.09. The van der Waals surface area contributed by atoms with Gasteiger partial charge in [0.15, 0.2) is 0 Å². The molecule has 0 saturated carbocycles. The third kappa shape index (κ3) is 1.87. The first-order valence-corrected chi connectivity index (χ1v) is 5.59. The van der Waals surface area contributed by atoms with Crippen molar-refractivity contribution < 1.29 is 13.6 Å². The van der Waals surface area contributed by atoms with E-state index in [0.717, 1.165) is 19.3 Å². The maximum absolute atomic E-state index is 13.1. The highest BCUT2D eigenvalue weighted by Crippen LogP contribution is 2.43. The van der Waals surface area contributed by atoms with Gasteiger partial charge in [0.1, 0.15) is 0 Å². The SMILES string of the molecule is O=C1CC2CCCC(CC1(F)F)S2. The van der Waals surface area contributed by atoms with Gasteiger partial charge in [-0.1, -0.05) is 6.42 Å². The van der Waals surface area contributed by atoms with E-state index in [9.17, 15) is 13.6 Å². The van der Waals surface area contributed by atoms with Crippen LogP contribution in [0.1, 0.15) is 32.1 Å². The number of carbonyl (C=O) groups is 1. The Morgan fingerprint density at radius 1 is 1.31 bits per heavy atom. The van der Waals surface area contributed by atoms with E-state index in [1.807, 2.05) is 0 Å². The van der Waals surface area contributed by atoms with Crippen LogP contribution in [0.15, 0.2) is 0 Å². The predicted molar refractivity (Wildman–Crippen MR) is 48.2 cm³/mol. The molecule has 4 heteroatoms. The minimum Gasteiger partial charge on any atom is -0.293 e. The van der Waals surface area contributed by atoms with E-state index in [0.29, 0.717) is 0 Å². The molecule has 0 aliphatic carbocycles. The third-order valence-electron chi connectivity index (χ3n) is 2.74. The second-order valence-corrected chi connectivity index (χ2v) is 5.45. The first kappa shape index (κ1) is 9.44. The van der Waals surface area contributed by atoms with Gasteiger partial charge in [0, 0.05) is 23.3 Å². The number of rotatable bonds is 0. The molecule has 0 amide bonds. The van der Waals surface area contributed by atoms with Crippen LogP contribution in [-0.4, -0.2) is 22.2 Å². The molecule has 2 fully saturated rings. The number of thioether (sulfide) groups is 1. The van der Waals surface area contributed by atoms with Gasteiger partial charge in [-0.25, -0.2) is 0 Å². The fraction of sp³-hybridized carbons (Fsp3) is 0.889. The number of halogens is 2. The molecule has 0 aromatic carbocycles. The van der Waals surface area contributed by atoms with Gasteiger partial charge in [0.25, 0.3) is 0 Å². The van der Waals surface area contributed by atoms with Crippen molar-refractivity contribution in [2.75, 3.05) is 0 Å². The fourth-order valence-electron chi connectivity index (χ4n) is 2.04. The van der Waals surface area contributed by atoms with Crippen LogP contribution in [0.4, 0.5) is 8.78 Å². The van der Waals surface area contributed by atoms with Crippen molar-refractivity contribution in [1.29, 1.82) is 0 Å². The first-order chi connectivity index (χ1) is 6.08. The Morgan fingerprint density at radius 2 is 2.00 bits per heavy atom. The number of Topliss-reactive ketones (excluding diaryl/α,β-unsaturated/α-hetero) is 1. The summed E-state index contributed by atoms with van der Waals surface area (Å²) in [6.07, 6.45) is 2.64. The molecule has 0 spiro atoms. The Morgan fingerprint density at radius 3 is 2.77 bits per heavy atom. The summed E-state index contributed by atoms with van der Waals surface area (Å²) in [6.45, 7) is 0. The molecule has 0 radical (unpaired) electrons. The molecule has 2 saturated heterocycles. The van der Waals surface area contributed by atoms with E-state index in [1.54, 1.807) is 11.8 Å². The van der Waals surface area contributed by atoms with Crippen LogP contribution < -0.4 is 0 Å². The number of alkyl halides is 2. The molecule has 0 N–H and O–H groups in total. The second-order valence-electron chi connectivity index (χ2n) is 3.85. The lowest BCUT2D eigenvalue weighted by atomic mass is 10.1. The van der Waals surface area contributed by atoms with E-state index in [1.165, 1.54) is 0 Å². The fourth-order valence-corrected chi connectivity index (χ4v) is 3.74. The van der Waals surface area contributed by atoms with Gasteiger partial charge in [-0.15, -0.1) is 0 Å². The summed E-state index contributed by atoms with van der Waals surface area (Å²) in [7, 11) is 0. The van der Waals surface area contributed by atoms with Crippen LogP contribution in [0.2, 0.25) is 0 Å². The Kier molecular flexibility index (Phi) is 2.34. The molecule has 2 aliphatic heterocycles. The monoisotopic (exact) mass is 206 g/mol. The summed E-state index contributed by atoms with van der Waals surface area (Å²) >= 11 is 1.60. The maximum Gasteiger partial charge on any atom is 0.306 e. The third-order valence-corrected chi connectivity index (χ3v) is 4.32. The molecule has 13 heavy (non-hydrogen) atoms. The van der Waals surface area contributed by atoms with Crippen molar-refractivity contribution in [3.05, 3.63) is 0 Å². The molecule has 2 heterocycles. The minimum atomic E-state index is -3.04. The lowest BCUT2D eigenvalue weighted by Gasteiger charge is -2.25. The van der Waals surface area contributed by atoms with Gasteiger partial charge in [-0.05, 0) is 12.8 Å². The Balaban J connectivity index is 2.17. The quantitative estimate of drug-likeness (QED) is 0.606. The highest BCUT2D eigenvalue weighted by atomic mass is 32.2. The van der Waals surface area contributed by atoms with Crippen LogP contribution in [-0.2, 0) is 4.79 Å². The van der Waals surface area contributed by atoms with Crippen LogP contribution >= 0.6 is 11.8 Å². The summed E-state index contributed by atoms with van der Waals surface area (Å²) in [4.78, 5) is 11.1. The Bertz CT molecular complexity index is 230. The molecule has 74 valence electrons. The number of hydrogen-bond donors (Lipinski definition) is 0. The largest absolute Gasteiger partial charge is 0.306 e. The first-order valence-electron chi connectivity index (χ1n) is 4.64. The molecule has 2 atom stereocenters. The van der Waals surface area contributed by atoms with E-state index in [-0.39, 0.29) is 23.3 Å². The normalized spacial score (nSPS) is 38.5.